The number of anilines is 6. The van der Waals surface area contributed by atoms with Gasteiger partial charge in [-0.15, -0.1) is 0 Å². The highest BCUT2D eigenvalue weighted by atomic mass is 32.1. The van der Waals surface area contributed by atoms with Crippen LogP contribution in [0.4, 0.5) is 51.0 Å². The fourth-order valence-electron chi connectivity index (χ4n) is 4.28. The number of nitrogens with one attached hydrogen (secondary N) is 2. The third-order valence-electron chi connectivity index (χ3n) is 6.73. The van der Waals surface area contributed by atoms with Crippen LogP contribution < -0.4 is 22.1 Å². The summed E-state index contributed by atoms with van der Waals surface area (Å²) in [6.07, 6.45) is 1.14. The summed E-state index contributed by atoms with van der Waals surface area (Å²) in [7, 11) is 0. The largest absolute Gasteiger partial charge is 0.478 e. The van der Waals surface area contributed by atoms with E-state index in [4.69, 9.17) is 21.7 Å². The molecule has 3 heterocycles. The highest BCUT2D eigenvalue weighted by Gasteiger charge is 2.25. The number of carboxylic acid groups (broad SMARTS) is 2. The molecule has 0 aliphatic heterocycles. The van der Waals surface area contributed by atoms with Crippen molar-refractivity contribution in [3.8, 4) is 0 Å². The molecule has 0 atom stereocenters. The lowest BCUT2D eigenvalue weighted by Gasteiger charge is -2.03. The first-order chi connectivity index (χ1) is 24.7. The molecule has 8 N–H and O–H groups in total. The highest BCUT2D eigenvalue weighted by molar-refractivity contribution is 7.18. The van der Waals surface area contributed by atoms with Crippen LogP contribution in [0.5, 0.6) is 0 Å². The Labute approximate surface area is 297 Å². The molecule has 0 aliphatic carbocycles. The smallest absolute Gasteiger partial charge is 0.337 e. The van der Waals surface area contributed by atoms with Gasteiger partial charge in [-0.1, -0.05) is 34.8 Å². The Morgan fingerprint density at radius 1 is 0.596 bits per heavy atom. The van der Waals surface area contributed by atoms with E-state index >= 15 is 0 Å². The van der Waals surface area contributed by atoms with Gasteiger partial charge in [0.25, 0.3) is 0 Å². The Hall–Kier alpha value is -6.73. The molecule has 0 saturated heterocycles. The average molecular weight is 752 g/mol. The van der Waals surface area contributed by atoms with Crippen molar-refractivity contribution in [1.82, 2.24) is 15.0 Å². The third-order valence-corrected chi connectivity index (χ3v) is 8.70. The van der Waals surface area contributed by atoms with Gasteiger partial charge in [0.1, 0.15) is 50.5 Å². The molecule has 0 unspecified atom stereocenters. The zero-order valence-electron chi connectivity index (χ0n) is 25.9. The van der Waals surface area contributed by atoms with E-state index in [9.17, 15) is 36.7 Å². The van der Waals surface area contributed by atoms with E-state index in [-0.39, 0.29) is 48.6 Å². The molecule has 0 spiro atoms. The van der Waals surface area contributed by atoms with Crippen molar-refractivity contribution < 1.29 is 47.0 Å². The topological polar surface area (TPSA) is 224 Å². The van der Waals surface area contributed by atoms with Crippen LogP contribution in [0.3, 0.4) is 0 Å². The van der Waals surface area contributed by atoms with E-state index in [1.54, 1.807) is 0 Å². The number of aromatic carboxylic acids is 2. The highest BCUT2D eigenvalue weighted by Crippen LogP contribution is 2.32. The van der Waals surface area contributed by atoms with Crippen molar-refractivity contribution in [3.63, 3.8) is 0 Å². The lowest BCUT2D eigenvalue weighted by atomic mass is 10.1. The maximum Gasteiger partial charge on any atom is 0.337 e. The summed E-state index contributed by atoms with van der Waals surface area (Å²) in [5.41, 5.74) is 10.6. The Balaban J connectivity index is 0.000000201. The van der Waals surface area contributed by atoms with Gasteiger partial charge in [-0.05, 0) is 60.7 Å². The molecule has 0 saturated carbocycles. The van der Waals surface area contributed by atoms with Crippen molar-refractivity contribution in [2.45, 2.75) is 0 Å². The minimum Gasteiger partial charge on any atom is -0.478 e. The minimum absolute atomic E-state index is 0.0000903. The van der Waals surface area contributed by atoms with E-state index in [1.807, 2.05) is 0 Å². The molecule has 0 bridgehead atoms. The first kappa shape index (κ1) is 36.5. The van der Waals surface area contributed by atoms with E-state index in [0.717, 1.165) is 65.3 Å². The number of nitrogens with two attached hydrogens (primary N) is 2. The van der Waals surface area contributed by atoms with Crippen LogP contribution in [-0.2, 0) is 0 Å². The Kier molecular flexibility index (Phi) is 10.9. The predicted molar refractivity (Wildman–Crippen MR) is 184 cm³/mol. The molecular formula is C33H21F4N7O6S2. The number of halogens is 4. The van der Waals surface area contributed by atoms with Crippen LogP contribution in [0.1, 0.15) is 51.2 Å². The summed E-state index contributed by atoms with van der Waals surface area (Å²) in [6.45, 7) is 0. The maximum absolute atomic E-state index is 13.8. The van der Waals surface area contributed by atoms with Crippen LogP contribution in [0.15, 0.2) is 79.0 Å². The molecule has 52 heavy (non-hydrogen) atoms. The fourth-order valence-corrected chi connectivity index (χ4v) is 5.97. The number of thiazole rings is 2. The van der Waals surface area contributed by atoms with Gasteiger partial charge in [-0.2, -0.15) is 0 Å². The van der Waals surface area contributed by atoms with Crippen molar-refractivity contribution in [2.75, 3.05) is 22.1 Å². The number of hydrogen-bond donors (Lipinski definition) is 6. The molecule has 0 amide bonds. The number of ketones is 2. The monoisotopic (exact) mass is 751 g/mol. The van der Waals surface area contributed by atoms with Gasteiger partial charge in [-0.25, -0.2) is 42.1 Å². The fraction of sp³-hybridized carbons (Fsp3) is 0. The molecule has 0 aliphatic rings. The number of pyridine rings is 1. The van der Waals surface area contributed by atoms with Crippen molar-refractivity contribution in [1.29, 1.82) is 0 Å². The first-order valence-electron chi connectivity index (χ1n) is 14.3. The van der Waals surface area contributed by atoms with Crippen LogP contribution >= 0.6 is 22.7 Å². The maximum atomic E-state index is 13.8. The number of carbonyl (C=O) groups excluding carboxylic acids is 2. The molecule has 0 fully saturated rings. The second-order valence-corrected chi connectivity index (χ2v) is 12.2. The summed E-state index contributed by atoms with van der Waals surface area (Å²) in [5, 5.41) is 23.7. The third kappa shape index (κ3) is 8.17. The number of carbonyl (C=O) groups is 4. The zero-order chi connectivity index (χ0) is 37.7. The van der Waals surface area contributed by atoms with Gasteiger partial charge in [0.15, 0.2) is 10.3 Å². The molecule has 19 heteroatoms. The standard InChI is InChI=1S/C17H11F2N3O3S.C16H10F2N4O3S/c18-10-2-1-3-11(19)12(10)13(23)14-15(20)22-17(26-14)21-9-6-4-8(5-7-9)16(24)25;17-8-2-1-3-9(18)11(8)12(23)13-14(19)22-16(26-13)21-10-5-4-7(6-20-10)15(24)25/h1-7H,20H2,(H,21,22)(H,24,25);1-6H,19H2,(H,24,25)(H,20,21,22). The van der Waals surface area contributed by atoms with E-state index in [0.29, 0.717) is 5.69 Å². The molecule has 0 radical (unpaired) electrons. The number of aromatic nitrogens is 3. The molecule has 264 valence electrons. The Morgan fingerprint density at radius 3 is 1.42 bits per heavy atom. The molecule has 3 aromatic carbocycles. The zero-order valence-corrected chi connectivity index (χ0v) is 27.5. The lowest BCUT2D eigenvalue weighted by Crippen LogP contribution is -2.07. The molecule has 6 rings (SSSR count). The molecule has 3 aromatic heterocycles. The minimum atomic E-state index is -1.12. The van der Waals surface area contributed by atoms with Crippen molar-refractivity contribution in [3.05, 3.63) is 134 Å². The van der Waals surface area contributed by atoms with Crippen LogP contribution in [0, 0.1) is 23.3 Å². The van der Waals surface area contributed by atoms with Gasteiger partial charge in [0.05, 0.1) is 22.3 Å². The van der Waals surface area contributed by atoms with E-state index < -0.39 is 57.9 Å². The summed E-state index contributed by atoms with van der Waals surface area (Å²) < 4.78 is 55.2. The summed E-state index contributed by atoms with van der Waals surface area (Å²) in [5.74, 6) is -8.05. The van der Waals surface area contributed by atoms with Gasteiger partial charge >= 0.3 is 11.9 Å². The van der Waals surface area contributed by atoms with Gasteiger partial charge in [0.2, 0.25) is 11.6 Å². The van der Waals surface area contributed by atoms with Crippen LogP contribution in [-0.4, -0.2) is 48.7 Å². The predicted octanol–water partition coefficient (Wildman–Crippen LogP) is 6.75. The SMILES string of the molecule is Nc1nc(Nc2ccc(C(=O)O)cc2)sc1C(=O)c1c(F)cccc1F.Nc1nc(Nc2ccc(C(=O)O)cn2)sc1C(=O)c1c(F)cccc1F. The van der Waals surface area contributed by atoms with Gasteiger partial charge in [-0.3, -0.25) is 9.59 Å². The molecule has 6 aromatic rings. The summed E-state index contributed by atoms with van der Waals surface area (Å²) >= 11 is 1.64. The quantitative estimate of drug-likeness (QED) is 0.0630. The number of rotatable bonds is 10. The van der Waals surface area contributed by atoms with Gasteiger partial charge < -0.3 is 32.3 Å². The van der Waals surface area contributed by atoms with Crippen molar-refractivity contribution >= 4 is 79.6 Å². The number of hydrogen-bond acceptors (Lipinski definition) is 13. The summed E-state index contributed by atoms with van der Waals surface area (Å²) in [6, 6.07) is 14.8. The van der Waals surface area contributed by atoms with Crippen LogP contribution in [0.25, 0.3) is 0 Å². The van der Waals surface area contributed by atoms with Gasteiger partial charge in [0, 0.05) is 11.9 Å². The van der Waals surface area contributed by atoms with E-state index in [1.165, 1.54) is 36.4 Å². The molecule has 13 nitrogen and oxygen atoms in total. The Bertz CT molecular complexity index is 2130. The Morgan fingerprint density at radius 2 is 1.02 bits per heavy atom. The number of carboxylic acids is 2. The number of benzene rings is 3. The summed E-state index contributed by atoms with van der Waals surface area (Å²) in [4.78, 5) is 58.0. The average Bonchev–Trinajstić information content (AvgIpc) is 3.65. The second-order valence-electron chi connectivity index (χ2n) is 10.2. The second kappa shape index (κ2) is 15.4. The normalized spacial score (nSPS) is 10.5. The van der Waals surface area contributed by atoms with Crippen LogP contribution in [0.2, 0.25) is 0 Å². The number of nitrogens with zero attached hydrogens (tertiary/aromatic N) is 3. The van der Waals surface area contributed by atoms with E-state index in [2.05, 4.69) is 25.6 Å². The molecular weight excluding hydrogens is 731 g/mol. The lowest BCUT2D eigenvalue weighted by molar-refractivity contribution is 0.0686. The number of nitrogen functional groups attached to an aromatic ring is 2. The van der Waals surface area contributed by atoms with Crippen molar-refractivity contribution in [2.24, 2.45) is 0 Å². The first-order valence-corrected chi connectivity index (χ1v) is 15.9.